The van der Waals surface area contributed by atoms with Crippen LogP contribution in [0.1, 0.15) is 6.42 Å². The molecule has 11 heavy (non-hydrogen) atoms. The molecule has 0 aromatic heterocycles. The molecule has 0 unspecified atom stereocenters. The van der Waals surface area contributed by atoms with Gasteiger partial charge in [0.25, 0.3) is 0 Å². The van der Waals surface area contributed by atoms with Gasteiger partial charge >= 0.3 is 0 Å². The highest BCUT2D eigenvalue weighted by Crippen LogP contribution is 1.96. The molecule has 0 aliphatic heterocycles. The summed E-state index contributed by atoms with van der Waals surface area (Å²) < 4.78 is 0.678. The van der Waals surface area contributed by atoms with Crippen LogP contribution in [0.3, 0.4) is 0 Å². The Morgan fingerprint density at radius 1 is 1.45 bits per heavy atom. The summed E-state index contributed by atoms with van der Waals surface area (Å²) in [5.74, 6) is 0. The van der Waals surface area contributed by atoms with E-state index in [9.17, 15) is 0 Å². The van der Waals surface area contributed by atoms with Gasteiger partial charge in [-0.25, -0.2) is 0 Å². The van der Waals surface area contributed by atoms with Gasteiger partial charge in [0.2, 0.25) is 0 Å². The molecule has 1 N–H and O–H groups in total. The van der Waals surface area contributed by atoms with Crippen molar-refractivity contribution in [2.45, 2.75) is 6.42 Å². The van der Waals surface area contributed by atoms with Crippen LogP contribution in [0.4, 0.5) is 0 Å². The number of hydrogen-bond donors (Lipinski definition) is 1. The Balaban J connectivity index is 0. The van der Waals surface area contributed by atoms with Crippen molar-refractivity contribution in [3.8, 4) is 6.07 Å². The maximum absolute atomic E-state index is 8.50. The summed E-state index contributed by atoms with van der Waals surface area (Å²) in [6.07, 6.45) is 0.772. The molecule has 0 aliphatic carbocycles. The van der Waals surface area contributed by atoms with Gasteiger partial charge in [0.05, 0.1) is 20.6 Å². The lowest BCUT2D eigenvalue weighted by molar-refractivity contribution is -0.883. The van der Waals surface area contributed by atoms with Crippen LogP contribution < -0.4 is 12.4 Å². The molecule has 0 aliphatic rings. The van der Waals surface area contributed by atoms with E-state index in [1.54, 1.807) is 0 Å². The minimum absolute atomic E-state index is 0. The highest BCUT2D eigenvalue weighted by atomic mass is 35.5. The van der Waals surface area contributed by atoms with Crippen molar-refractivity contribution in [3.63, 3.8) is 0 Å². The lowest BCUT2D eigenvalue weighted by Gasteiger charge is -2.25. The maximum Gasteiger partial charge on any atom is 0.166 e. The van der Waals surface area contributed by atoms with Crippen molar-refractivity contribution < 1.29 is 22.0 Å². The Morgan fingerprint density at radius 3 is 2.36 bits per heavy atom. The van der Waals surface area contributed by atoms with Gasteiger partial charge in [0.15, 0.2) is 6.54 Å². The third kappa shape index (κ3) is 7.60. The lowest BCUT2D eigenvalue weighted by Crippen LogP contribution is -3.00. The first-order chi connectivity index (χ1) is 4.62. The van der Waals surface area contributed by atoms with Gasteiger partial charge in [-0.3, -0.25) is 0 Å². The first-order valence-electron chi connectivity index (χ1n) is 3.42. The average molecular weight is 179 g/mol. The molecule has 4 heteroatoms. The second-order valence-electron chi connectivity index (χ2n) is 3.05. The van der Waals surface area contributed by atoms with Crippen LogP contribution in [0, 0.1) is 11.3 Å². The zero-order valence-corrected chi connectivity index (χ0v) is 7.80. The van der Waals surface area contributed by atoms with Gasteiger partial charge in [-0.05, 0) is 0 Å². The van der Waals surface area contributed by atoms with Gasteiger partial charge < -0.3 is 22.0 Å². The molecule has 0 atom stereocenters. The zero-order valence-electron chi connectivity index (χ0n) is 7.05. The number of halogens is 1. The van der Waals surface area contributed by atoms with Crippen molar-refractivity contribution in [2.24, 2.45) is 0 Å². The number of quaternary nitrogens is 1. The number of nitriles is 1. The van der Waals surface area contributed by atoms with E-state index in [1.165, 1.54) is 0 Å². The van der Waals surface area contributed by atoms with Crippen molar-refractivity contribution in [3.05, 3.63) is 0 Å². The molecule has 0 amide bonds. The molecule has 0 heterocycles. The second kappa shape index (κ2) is 6.41. The van der Waals surface area contributed by atoms with Crippen LogP contribution in [0.2, 0.25) is 0 Å². The molecule has 0 aromatic carbocycles. The van der Waals surface area contributed by atoms with E-state index in [-0.39, 0.29) is 19.0 Å². The predicted molar refractivity (Wildman–Crippen MR) is 39.2 cm³/mol. The first-order valence-corrected chi connectivity index (χ1v) is 3.42. The van der Waals surface area contributed by atoms with E-state index < -0.39 is 0 Å². The minimum Gasteiger partial charge on any atom is -1.00 e. The zero-order chi connectivity index (χ0) is 8.04. The van der Waals surface area contributed by atoms with E-state index in [0.717, 1.165) is 13.0 Å². The average Bonchev–Trinajstić information content (AvgIpc) is 1.84. The molecule has 3 nitrogen and oxygen atoms in total. The molecule has 0 aromatic rings. The Hall–Kier alpha value is -0.300. The van der Waals surface area contributed by atoms with Crippen LogP contribution >= 0.6 is 0 Å². The highest BCUT2D eigenvalue weighted by Gasteiger charge is 2.12. The summed E-state index contributed by atoms with van der Waals surface area (Å²) in [6.45, 7) is 1.59. The van der Waals surface area contributed by atoms with E-state index in [0.29, 0.717) is 11.0 Å². The standard InChI is InChI=1S/C7H15N2O.ClH/c1-9(2,6-4-8)5-3-7-10;/h10H,3,5-7H2,1-2H3;1H/q+1;/p-1. The molecule has 66 valence electrons. The monoisotopic (exact) mass is 178 g/mol. The number of rotatable bonds is 4. The third-order valence-corrected chi connectivity index (χ3v) is 1.42. The number of hydrogen-bond acceptors (Lipinski definition) is 2. The Bertz CT molecular complexity index is 131. The molecular formula is C7H15ClN2O. The summed E-state index contributed by atoms with van der Waals surface area (Å²) in [7, 11) is 3.97. The highest BCUT2D eigenvalue weighted by molar-refractivity contribution is 4.66. The van der Waals surface area contributed by atoms with Crippen LogP contribution in [-0.4, -0.2) is 43.4 Å². The van der Waals surface area contributed by atoms with Gasteiger partial charge in [0, 0.05) is 13.0 Å². The predicted octanol–water partition coefficient (Wildman–Crippen LogP) is -3.03. The summed E-state index contributed by atoms with van der Waals surface area (Å²) in [4.78, 5) is 0. The Labute approximate surface area is 74.2 Å². The quantitative estimate of drug-likeness (QED) is 0.368. The first kappa shape index (κ1) is 13.3. The van der Waals surface area contributed by atoms with Crippen LogP contribution in [0.15, 0.2) is 0 Å². The molecular weight excluding hydrogens is 164 g/mol. The summed E-state index contributed by atoms with van der Waals surface area (Å²) >= 11 is 0. The SMILES string of the molecule is C[N+](C)(CC#N)CCCO.[Cl-]. The fourth-order valence-corrected chi connectivity index (χ4v) is 0.769. The summed E-state index contributed by atoms with van der Waals surface area (Å²) in [6, 6.07) is 2.11. The van der Waals surface area contributed by atoms with E-state index in [1.807, 2.05) is 14.1 Å². The largest absolute Gasteiger partial charge is 1.00 e. The van der Waals surface area contributed by atoms with E-state index in [4.69, 9.17) is 10.4 Å². The summed E-state index contributed by atoms with van der Waals surface area (Å²) in [5, 5.41) is 16.9. The van der Waals surface area contributed by atoms with E-state index >= 15 is 0 Å². The fourth-order valence-electron chi connectivity index (χ4n) is 0.769. The molecule has 0 rings (SSSR count). The smallest absolute Gasteiger partial charge is 0.166 e. The lowest BCUT2D eigenvalue weighted by atomic mass is 10.3. The number of aliphatic hydroxyl groups excluding tert-OH is 1. The normalized spacial score (nSPS) is 10.0. The maximum atomic E-state index is 8.50. The molecule has 0 saturated carbocycles. The van der Waals surface area contributed by atoms with Gasteiger partial charge in [-0.1, -0.05) is 0 Å². The molecule has 0 saturated heterocycles. The van der Waals surface area contributed by atoms with Crippen molar-refractivity contribution in [2.75, 3.05) is 33.8 Å². The second-order valence-corrected chi connectivity index (χ2v) is 3.05. The van der Waals surface area contributed by atoms with Gasteiger partial charge in [-0.15, -0.1) is 0 Å². The van der Waals surface area contributed by atoms with Crippen molar-refractivity contribution in [1.82, 2.24) is 0 Å². The van der Waals surface area contributed by atoms with Gasteiger partial charge in [0.1, 0.15) is 6.07 Å². The topological polar surface area (TPSA) is 44.0 Å². The van der Waals surface area contributed by atoms with Crippen LogP contribution in [-0.2, 0) is 0 Å². The number of nitrogens with zero attached hydrogens (tertiary/aromatic N) is 2. The fraction of sp³-hybridized carbons (Fsp3) is 0.857. The third-order valence-electron chi connectivity index (χ3n) is 1.42. The summed E-state index contributed by atoms with van der Waals surface area (Å²) in [5.41, 5.74) is 0. The Morgan fingerprint density at radius 2 is 2.00 bits per heavy atom. The molecule has 0 fully saturated rings. The minimum atomic E-state index is 0. The van der Waals surface area contributed by atoms with Crippen molar-refractivity contribution in [1.29, 1.82) is 5.26 Å². The number of aliphatic hydroxyl groups is 1. The molecule has 0 bridgehead atoms. The van der Waals surface area contributed by atoms with E-state index in [2.05, 4.69) is 6.07 Å². The Kier molecular flexibility index (Phi) is 7.75. The molecule has 0 spiro atoms. The van der Waals surface area contributed by atoms with Gasteiger partial charge in [-0.2, -0.15) is 5.26 Å². The van der Waals surface area contributed by atoms with Crippen LogP contribution in [0.25, 0.3) is 0 Å². The van der Waals surface area contributed by atoms with Crippen LogP contribution in [0.5, 0.6) is 0 Å². The van der Waals surface area contributed by atoms with Crippen molar-refractivity contribution >= 4 is 0 Å². The molecule has 0 radical (unpaired) electrons.